The molecule has 7 nitrogen and oxygen atoms in total. The number of amides is 1. The Morgan fingerprint density at radius 2 is 1.84 bits per heavy atom. The number of carbonyl (C=O) groups is 2. The van der Waals surface area contributed by atoms with Gasteiger partial charge < -0.3 is 25.2 Å². The Balaban J connectivity index is 2.22. The van der Waals surface area contributed by atoms with Crippen LogP contribution in [0.15, 0.2) is 42.5 Å². The fraction of sp³-hybridized carbons (Fsp3) is 0.500. The first-order valence-corrected chi connectivity index (χ1v) is 12.9. The molecule has 0 saturated carbocycles. The predicted octanol–water partition coefficient (Wildman–Crippen LogP) is 5.12. The van der Waals surface area contributed by atoms with E-state index in [9.17, 15) is 14.0 Å². The van der Waals surface area contributed by atoms with Crippen molar-refractivity contribution < 1.29 is 28.6 Å². The minimum atomic E-state index is -0.677. The quantitative estimate of drug-likeness (QED) is 0.243. The molecule has 0 aliphatic rings. The number of rotatable bonds is 13. The molecule has 9 heteroatoms. The molecule has 0 fully saturated rings. The fourth-order valence-corrected chi connectivity index (χ4v) is 4.01. The number of esters is 1. The number of aliphatic hydroxyl groups excluding tert-OH is 1. The van der Waals surface area contributed by atoms with Gasteiger partial charge in [0, 0.05) is 29.8 Å². The van der Waals surface area contributed by atoms with Gasteiger partial charge in [0.2, 0.25) is 0 Å². The molecule has 1 unspecified atom stereocenters. The van der Waals surface area contributed by atoms with Crippen LogP contribution in [0.2, 0.25) is 5.02 Å². The molecule has 0 spiro atoms. The van der Waals surface area contributed by atoms with Gasteiger partial charge in [0.15, 0.2) is 0 Å². The molecule has 3 N–H and O–H groups in total. The number of aliphatic hydroxyl groups is 1. The summed E-state index contributed by atoms with van der Waals surface area (Å²) in [6.07, 6.45) is 0.721. The smallest absolute Gasteiger partial charge is 0.407 e. The van der Waals surface area contributed by atoms with Crippen LogP contribution in [-0.2, 0) is 20.7 Å². The second kappa shape index (κ2) is 14.9. The summed E-state index contributed by atoms with van der Waals surface area (Å²) in [6, 6.07) is 11.3. The van der Waals surface area contributed by atoms with Crippen molar-refractivity contribution in [1.82, 2.24) is 10.6 Å². The summed E-state index contributed by atoms with van der Waals surface area (Å²) in [5, 5.41) is 15.5. The lowest BCUT2D eigenvalue weighted by Crippen LogP contribution is -2.43. The topological polar surface area (TPSA) is 96.9 Å². The van der Waals surface area contributed by atoms with Gasteiger partial charge >= 0.3 is 12.1 Å². The monoisotopic (exact) mass is 536 g/mol. The van der Waals surface area contributed by atoms with Crippen molar-refractivity contribution in [3.8, 4) is 11.1 Å². The van der Waals surface area contributed by atoms with Crippen molar-refractivity contribution in [2.45, 2.75) is 58.6 Å². The maximum Gasteiger partial charge on any atom is 0.407 e. The van der Waals surface area contributed by atoms with Gasteiger partial charge in [-0.2, -0.15) is 0 Å². The van der Waals surface area contributed by atoms with Crippen molar-refractivity contribution in [2.24, 2.45) is 5.92 Å². The maximum absolute atomic E-state index is 14.3. The first-order chi connectivity index (χ1) is 17.5. The van der Waals surface area contributed by atoms with Crippen molar-refractivity contribution in [3.63, 3.8) is 0 Å². The molecule has 0 aliphatic carbocycles. The number of ether oxygens (including phenoxy) is 2. The van der Waals surface area contributed by atoms with Crippen LogP contribution in [0.5, 0.6) is 0 Å². The molecule has 0 radical (unpaired) electrons. The summed E-state index contributed by atoms with van der Waals surface area (Å²) >= 11 is 6.04. The molecule has 0 saturated heterocycles. The van der Waals surface area contributed by atoms with Crippen LogP contribution < -0.4 is 10.6 Å². The van der Waals surface area contributed by atoms with E-state index >= 15 is 0 Å². The third kappa shape index (κ3) is 11.1. The predicted molar refractivity (Wildman–Crippen MR) is 143 cm³/mol. The van der Waals surface area contributed by atoms with Crippen LogP contribution in [0.25, 0.3) is 11.1 Å². The van der Waals surface area contributed by atoms with Crippen molar-refractivity contribution in [1.29, 1.82) is 0 Å². The zero-order valence-corrected chi connectivity index (χ0v) is 22.7. The number of nitrogens with one attached hydrogen (secondary N) is 2. The Bertz CT molecular complexity index is 1010. The standard InChI is InChI=1S/C28H38ClFN2O5/c1-5-36-26(34)21(18-31-13-6-14-33)16-23(32-27(35)37-28(2,3)4)15-19-7-9-20(10-8-19)24-17-22(29)11-12-25(24)30/h7-12,17,21,23,31,33H,5-6,13-16,18H2,1-4H3,(H,32,35)/t21?,23-/m1/s1. The third-order valence-corrected chi connectivity index (χ3v) is 5.72. The van der Waals surface area contributed by atoms with E-state index in [2.05, 4.69) is 10.6 Å². The first-order valence-electron chi connectivity index (χ1n) is 12.5. The van der Waals surface area contributed by atoms with Crippen LogP contribution in [-0.4, -0.2) is 55.1 Å². The summed E-state index contributed by atoms with van der Waals surface area (Å²) in [6.45, 7) is 8.28. The van der Waals surface area contributed by atoms with E-state index in [1.807, 2.05) is 12.1 Å². The number of carbonyl (C=O) groups excluding carboxylic acids is 2. The highest BCUT2D eigenvalue weighted by molar-refractivity contribution is 6.30. The first kappa shape index (κ1) is 30.5. The highest BCUT2D eigenvalue weighted by atomic mass is 35.5. The van der Waals surface area contributed by atoms with Gasteiger partial charge in [0.05, 0.1) is 12.5 Å². The van der Waals surface area contributed by atoms with Crippen LogP contribution >= 0.6 is 11.6 Å². The Labute approximate surface area is 223 Å². The van der Waals surface area contributed by atoms with Gasteiger partial charge in [-0.15, -0.1) is 0 Å². The maximum atomic E-state index is 14.3. The molecular formula is C28H38ClFN2O5. The van der Waals surface area contributed by atoms with Gasteiger partial charge in [0.1, 0.15) is 11.4 Å². The lowest BCUT2D eigenvalue weighted by Gasteiger charge is -2.26. The number of halogens is 2. The summed E-state index contributed by atoms with van der Waals surface area (Å²) in [7, 11) is 0. The van der Waals surface area contributed by atoms with E-state index in [4.69, 9.17) is 26.2 Å². The van der Waals surface area contributed by atoms with E-state index in [-0.39, 0.29) is 25.0 Å². The second-order valence-corrected chi connectivity index (χ2v) is 10.3. The number of alkyl carbamates (subject to hydrolysis) is 1. The van der Waals surface area contributed by atoms with E-state index in [0.29, 0.717) is 48.5 Å². The molecule has 37 heavy (non-hydrogen) atoms. The van der Waals surface area contributed by atoms with Crippen LogP contribution in [0.4, 0.5) is 9.18 Å². The third-order valence-electron chi connectivity index (χ3n) is 5.49. The summed E-state index contributed by atoms with van der Waals surface area (Å²) in [5.74, 6) is -1.24. The SMILES string of the molecule is CCOC(=O)C(CNCCCO)C[C@@H](Cc1ccc(-c2cc(Cl)ccc2F)cc1)NC(=O)OC(C)(C)C. The molecule has 0 bridgehead atoms. The van der Waals surface area contributed by atoms with Gasteiger partial charge in [-0.05, 0) is 82.8 Å². The zero-order chi connectivity index (χ0) is 27.4. The van der Waals surface area contributed by atoms with Gasteiger partial charge in [-0.1, -0.05) is 35.9 Å². The number of hydrogen-bond donors (Lipinski definition) is 3. The Morgan fingerprint density at radius 3 is 2.46 bits per heavy atom. The average Bonchev–Trinajstić information content (AvgIpc) is 2.82. The van der Waals surface area contributed by atoms with Crippen molar-refractivity contribution in [2.75, 3.05) is 26.3 Å². The van der Waals surface area contributed by atoms with Crippen molar-refractivity contribution >= 4 is 23.7 Å². The number of hydrogen-bond acceptors (Lipinski definition) is 6. The minimum absolute atomic E-state index is 0.0506. The minimum Gasteiger partial charge on any atom is -0.466 e. The van der Waals surface area contributed by atoms with E-state index < -0.39 is 23.7 Å². The largest absolute Gasteiger partial charge is 0.466 e. The van der Waals surface area contributed by atoms with Crippen LogP contribution in [0.3, 0.4) is 0 Å². The molecule has 0 heterocycles. The average molecular weight is 537 g/mol. The highest BCUT2D eigenvalue weighted by Gasteiger charge is 2.27. The molecule has 0 aromatic heterocycles. The Hall–Kier alpha value is -2.68. The normalized spacial score (nSPS) is 13.1. The lowest BCUT2D eigenvalue weighted by atomic mass is 9.93. The van der Waals surface area contributed by atoms with Gasteiger partial charge in [0.25, 0.3) is 0 Å². The molecule has 2 rings (SSSR count). The van der Waals surface area contributed by atoms with Gasteiger partial charge in [-0.25, -0.2) is 9.18 Å². The summed E-state index contributed by atoms with van der Waals surface area (Å²) in [4.78, 5) is 25.3. The molecule has 0 aliphatic heterocycles. The van der Waals surface area contributed by atoms with E-state index in [0.717, 1.165) is 5.56 Å². The molecular weight excluding hydrogens is 499 g/mol. The Morgan fingerprint density at radius 1 is 1.14 bits per heavy atom. The van der Waals surface area contributed by atoms with Crippen LogP contribution in [0, 0.1) is 11.7 Å². The molecule has 2 aromatic rings. The lowest BCUT2D eigenvalue weighted by molar-refractivity contribution is -0.148. The van der Waals surface area contributed by atoms with Crippen LogP contribution in [0.1, 0.15) is 46.1 Å². The van der Waals surface area contributed by atoms with E-state index in [1.165, 1.54) is 12.1 Å². The van der Waals surface area contributed by atoms with Crippen molar-refractivity contribution in [3.05, 3.63) is 58.9 Å². The Kier molecular flexibility index (Phi) is 12.3. The summed E-state index contributed by atoms with van der Waals surface area (Å²) in [5.41, 5.74) is 1.30. The van der Waals surface area contributed by atoms with E-state index in [1.54, 1.807) is 45.9 Å². The zero-order valence-electron chi connectivity index (χ0n) is 22.0. The van der Waals surface area contributed by atoms with Gasteiger partial charge in [-0.3, -0.25) is 4.79 Å². The molecule has 2 aromatic carbocycles. The second-order valence-electron chi connectivity index (χ2n) is 9.83. The molecule has 204 valence electrons. The number of benzene rings is 2. The summed E-state index contributed by atoms with van der Waals surface area (Å²) < 4.78 is 25.0. The molecule has 1 amide bonds. The highest BCUT2D eigenvalue weighted by Crippen LogP contribution is 2.27. The molecule has 2 atom stereocenters. The fourth-order valence-electron chi connectivity index (χ4n) is 3.84.